The van der Waals surface area contributed by atoms with Crippen LogP contribution in [-0.4, -0.2) is 6.54 Å². The molecule has 12 heavy (non-hydrogen) atoms. The van der Waals surface area contributed by atoms with Gasteiger partial charge in [0.2, 0.25) is 0 Å². The fourth-order valence-electron chi connectivity index (χ4n) is 1.14. The molecular formula is C9H14ClNS. The van der Waals surface area contributed by atoms with Crippen LogP contribution in [0.2, 0.25) is 0 Å². The number of rotatable bonds is 4. The summed E-state index contributed by atoms with van der Waals surface area (Å²) in [6.07, 6.45) is 2.88. The molecule has 1 aliphatic rings. The molecular weight excluding hydrogens is 190 g/mol. The number of thiophene rings is 1. The maximum atomic E-state index is 3.46. The highest BCUT2D eigenvalue weighted by Gasteiger charge is 2.19. The van der Waals surface area contributed by atoms with E-state index in [0.29, 0.717) is 0 Å². The minimum atomic E-state index is 0. The lowest BCUT2D eigenvalue weighted by molar-refractivity contribution is 0.640. The molecule has 1 aliphatic carbocycles. The number of hydrogen-bond acceptors (Lipinski definition) is 2. The Bertz CT molecular complexity index is 206. The largest absolute Gasteiger partial charge is 0.312 e. The molecule has 0 bridgehead atoms. The van der Waals surface area contributed by atoms with E-state index in [1.54, 1.807) is 11.3 Å². The molecule has 1 N–H and O–H groups in total. The van der Waals surface area contributed by atoms with Crippen molar-refractivity contribution in [3.8, 4) is 0 Å². The third-order valence-electron chi connectivity index (χ3n) is 2.04. The molecule has 0 saturated heterocycles. The van der Waals surface area contributed by atoms with E-state index < -0.39 is 0 Å². The zero-order valence-corrected chi connectivity index (χ0v) is 8.59. The van der Waals surface area contributed by atoms with Gasteiger partial charge < -0.3 is 5.32 Å². The maximum absolute atomic E-state index is 3.46. The molecule has 0 radical (unpaired) electrons. The van der Waals surface area contributed by atoms with Crippen molar-refractivity contribution >= 4 is 23.7 Å². The van der Waals surface area contributed by atoms with Crippen molar-refractivity contribution in [2.45, 2.75) is 19.4 Å². The topological polar surface area (TPSA) is 12.0 Å². The van der Waals surface area contributed by atoms with E-state index in [4.69, 9.17) is 0 Å². The standard InChI is InChI=1S/C9H13NS.ClH/c1-2-8(1)5-10-6-9-3-4-11-7-9;/h3-4,7-8,10H,1-2,5-6H2;1H. The Kier molecular flexibility index (Phi) is 4.06. The van der Waals surface area contributed by atoms with Gasteiger partial charge in [-0.15, -0.1) is 12.4 Å². The zero-order chi connectivity index (χ0) is 7.52. The molecule has 2 rings (SSSR count). The minimum Gasteiger partial charge on any atom is -0.312 e. The molecule has 0 unspecified atom stereocenters. The molecule has 1 fully saturated rings. The fraction of sp³-hybridized carbons (Fsp3) is 0.556. The van der Waals surface area contributed by atoms with Gasteiger partial charge in [0.05, 0.1) is 0 Å². The second-order valence-electron chi connectivity index (χ2n) is 3.21. The van der Waals surface area contributed by atoms with E-state index in [0.717, 1.165) is 12.5 Å². The van der Waals surface area contributed by atoms with E-state index in [9.17, 15) is 0 Å². The van der Waals surface area contributed by atoms with Crippen LogP contribution < -0.4 is 5.32 Å². The molecule has 3 heteroatoms. The Hall–Kier alpha value is -0.0500. The second-order valence-corrected chi connectivity index (χ2v) is 3.99. The monoisotopic (exact) mass is 203 g/mol. The first-order valence-electron chi connectivity index (χ1n) is 4.17. The molecule has 1 aromatic heterocycles. The molecule has 0 aliphatic heterocycles. The summed E-state index contributed by atoms with van der Waals surface area (Å²) in [6, 6.07) is 2.19. The molecule has 1 aromatic rings. The third kappa shape index (κ3) is 3.13. The van der Waals surface area contributed by atoms with Crippen LogP contribution in [0.5, 0.6) is 0 Å². The van der Waals surface area contributed by atoms with Crippen molar-refractivity contribution < 1.29 is 0 Å². The van der Waals surface area contributed by atoms with Crippen molar-refractivity contribution in [1.29, 1.82) is 0 Å². The van der Waals surface area contributed by atoms with Gasteiger partial charge in [-0.1, -0.05) is 0 Å². The lowest BCUT2D eigenvalue weighted by atomic mass is 10.3. The van der Waals surface area contributed by atoms with Gasteiger partial charge >= 0.3 is 0 Å². The number of nitrogens with one attached hydrogen (secondary N) is 1. The zero-order valence-electron chi connectivity index (χ0n) is 6.95. The van der Waals surface area contributed by atoms with Crippen molar-refractivity contribution in [2.75, 3.05) is 6.54 Å². The highest BCUT2D eigenvalue weighted by molar-refractivity contribution is 7.07. The lowest BCUT2D eigenvalue weighted by Gasteiger charge is -1.99. The van der Waals surface area contributed by atoms with E-state index in [1.165, 1.54) is 24.9 Å². The Labute approximate surface area is 83.6 Å². The smallest absolute Gasteiger partial charge is 0.0213 e. The summed E-state index contributed by atoms with van der Waals surface area (Å²) in [5.74, 6) is 0.994. The molecule has 0 aromatic carbocycles. The molecule has 0 amide bonds. The summed E-state index contributed by atoms with van der Waals surface area (Å²) in [5, 5.41) is 7.80. The van der Waals surface area contributed by atoms with Gasteiger partial charge in [-0.05, 0) is 47.7 Å². The van der Waals surface area contributed by atoms with Crippen molar-refractivity contribution in [3.05, 3.63) is 22.4 Å². The Morgan fingerprint density at radius 2 is 2.33 bits per heavy atom. The maximum Gasteiger partial charge on any atom is 0.0213 e. The van der Waals surface area contributed by atoms with Gasteiger partial charge in [-0.3, -0.25) is 0 Å². The van der Waals surface area contributed by atoms with E-state index in [2.05, 4.69) is 22.1 Å². The van der Waals surface area contributed by atoms with Gasteiger partial charge in [0.1, 0.15) is 0 Å². The summed E-state index contributed by atoms with van der Waals surface area (Å²) in [6.45, 7) is 2.27. The lowest BCUT2D eigenvalue weighted by Crippen LogP contribution is -2.15. The molecule has 68 valence electrons. The van der Waals surface area contributed by atoms with Gasteiger partial charge in [0.15, 0.2) is 0 Å². The molecule has 1 saturated carbocycles. The van der Waals surface area contributed by atoms with Crippen molar-refractivity contribution in [1.82, 2.24) is 5.32 Å². The quantitative estimate of drug-likeness (QED) is 0.794. The summed E-state index contributed by atoms with van der Waals surface area (Å²) >= 11 is 1.77. The molecule has 0 atom stereocenters. The van der Waals surface area contributed by atoms with Crippen molar-refractivity contribution in [3.63, 3.8) is 0 Å². The SMILES string of the molecule is Cl.c1cc(CNCC2CC2)cs1. The van der Waals surface area contributed by atoms with Crippen molar-refractivity contribution in [2.24, 2.45) is 5.92 Å². The fourth-order valence-corrected chi connectivity index (χ4v) is 1.80. The van der Waals surface area contributed by atoms with Gasteiger partial charge in [0.25, 0.3) is 0 Å². The normalized spacial score (nSPS) is 15.7. The molecule has 0 spiro atoms. The van der Waals surface area contributed by atoms with Crippen LogP contribution in [0.1, 0.15) is 18.4 Å². The van der Waals surface area contributed by atoms with Crippen LogP contribution in [0.4, 0.5) is 0 Å². The summed E-state index contributed by atoms with van der Waals surface area (Å²) in [5.41, 5.74) is 1.43. The van der Waals surface area contributed by atoms with Crippen LogP contribution in [0.15, 0.2) is 16.8 Å². The Morgan fingerprint density at radius 1 is 1.50 bits per heavy atom. The Balaban J connectivity index is 0.000000720. The van der Waals surface area contributed by atoms with Gasteiger partial charge in [-0.2, -0.15) is 11.3 Å². The highest BCUT2D eigenvalue weighted by Crippen LogP contribution is 2.27. The predicted molar refractivity (Wildman–Crippen MR) is 56.0 cm³/mol. The average molecular weight is 204 g/mol. The molecule has 1 heterocycles. The van der Waals surface area contributed by atoms with Crippen LogP contribution >= 0.6 is 23.7 Å². The van der Waals surface area contributed by atoms with Crippen LogP contribution in [0.3, 0.4) is 0 Å². The first-order valence-corrected chi connectivity index (χ1v) is 5.11. The van der Waals surface area contributed by atoms with Crippen LogP contribution in [0, 0.1) is 5.92 Å². The van der Waals surface area contributed by atoms with Crippen LogP contribution in [0.25, 0.3) is 0 Å². The third-order valence-corrected chi connectivity index (χ3v) is 2.77. The number of halogens is 1. The number of hydrogen-bond donors (Lipinski definition) is 1. The summed E-state index contributed by atoms with van der Waals surface area (Å²) in [7, 11) is 0. The highest BCUT2D eigenvalue weighted by atomic mass is 35.5. The second kappa shape index (κ2) is 4.85. The predicted octanol–water partition coefficient (Wildman–Crippen LogP) is 2.67. The van der Waals surface area contributed by atoms with Crippen LogP contribution in [-0.2, 0) is 6.54 Å². The van der Waals surface area contributed by atoms with E-state index in [-0.39, 0.29) is 12.4 Å². The van der Waals surface area contributed by atoms with Gasteiger partial charge in [-0.25, -0.2) is 0 Å². The summed E-state index contributed by atoms with van der Waals surface area (Å²) in [4.78, 5) is 0. The van der Waals surface area contributed by atoms with E-state index >= 15 is 0 Å². The Morgan fingerprint density at radius 3 is 2.92 bits per heavy atom. The average Bonchev–Trinajstić information content (AvgIpc) is 2.66. The first-order chi connectivity index (χ1) is 5.45. The molecule has 1 nitrogen and oxygen atoms in total. The summed E-state index contributed by atoms with van der Waals surface area (Å²) < 4.78 is 0. The minimum absolute atomic E-state index is 0. The van der Waals surface area contributed by atoms with E-state index in [1.807, 2.05) is 0 Å². The first kappa shape index (κ1) is 10.0. The van der Waals surface area contributed by atoms with Gasteiger partial charge in [0, 0.05) is 6.54 Å².